The first-order valence-electron chi connectivity index (χ1n) is 12.5. The first-order chi connectivity index (χ1) is 17.6. The average Bonchev–Trinajstić information content (AvgIpc) is 3.57. The Labute approximate surface area is 226 Å². The van der Waals surface area contributed by atoms with Crippen LogP contribution in [-0.4, -0.2) is 26.5 Å². The van der Waals surface area contributed by atoms with E-state index in [0.29, 0.717) is 40.9 Å². The fraction of sp³-hybridized carbons (Fsp3) is 0.357. The third-order valence-electron chi connectivity index (χ3n) is 6.22. The van der Waals surface area contributed by atoms with Crippen molar-refractivity contribution in [3.63, 3.8) is 0 Å². The lowest BCUT2D eigenvalue weighted by Crippen LogP contribution is -2.19. The fourth-order valence-electron chi connectivity index (χ4n) is 4.21. The Morgan fingerprint density at radius 2 is 2.08 bits per heavy atom. The lowest BCUT2D eigenvalue weighted by Gasteiger charge is -2.22. The Balaban J connectivity index is 1.64. The molecule has 2 aromatic heterocycles. The number of pyridine rings is 1. The van der Waals surface area contributed by atoms with Crippen molar-refractivity contribution in [1.82, 2.24) is 20.0 Å². The topological polar surface area (TPSA) is 79.4 Å². The number of halogens is 2. The molecule has 1 atom stereocenters. The maximum atomic E-state index is 9.81. The minimum Gasteiger partial charge on any atom is -0.383 e. The highest BCUT2D eigenvalue weighted by molar-refractivity contribution is 9.10. The average molecular weight is 565 g/mol. The van der Waals surface area contributed by atoms with Gasteiger partial charge in [0.25, 0.3) is 0 Å². The van der Waals surface area contributed by atoms with Gasteiger partial charge in [0, 0.05) is 41.1 Å². The van der Waals surface area contributed by atoms with Gasteiger partial charge < -0.3 is 5.32 Å². The van der Waals surface area contributed by atoms with Gasteiger partial charge in [0.15, 0.2) is 0 Å². The zero-order chi connectivity index (χ0) is 26.4. The largest absolute Gasteiger partial charge is 0.383 e. The van der Waals surface area contributed by atoms with Crippen LogP contribution >= 0.6 is 27.5 Å². The van der Waals surface area contributed by atoms with Gasteiger partial charge in [0.1, 0.15) is 6.07 Å². The van der Waals surface area contributed by atoms with E-state index in [4.69, 9.17) is 11.6 Å². The predicted octanol–water partition coefficient (Wildman–Crippen LogP) is 7.28. The van der Waals surface area contributed by atoms with Gasteiger partial charge in [-0.15, -0.1) is 5.10 Å². The van der Waals surface area contributed by atoms with Crippen molar-refractivity contribution in [2.75, 3.05) is 11.9 Å². The quantitative estimate of drug-likeness (QED) is 0.255. The molecule has 2 heterocycles. The second kappa shape index (κ2) is 9.84. The molecule has 5 rings (SSSR count). The predicted molar refractivity (Wildman–Crippen MR) is 147 cm³/mol. The molecule has 0 saturated heterocycles. The molecular weight excluding hydrogens is 536 g/mol. The number of hydrogen-bond donors (Lipinski definition) is 1. The summed E-state index contributed by atoms with van der Waals surface area (Å²) >= 11 is 10.3. The van der Waals surface area contributed by atoms with E-state index < -0.39 is 5.89 Å². The van der Waals surface area contributed by atoms with E-state index in [1.807, 2.05) is 41.2 Å². The lowest BCUT2D eigenvalue weighted by molar-refractivity contribution is 0.443. The van der Waals surface area contributed by atoms with Crippen LogP contribution in [0.5, 0.6) is 0 Å². The van der Waals surface area contributed by atoms with Gasteiger partial charge in [-0.3, -0.25) is 4.98 Å². The van der Waals surface area contributed by atoms with E-state index >= 15 is 0 Å². The minimum absolute atomic E-state index is 0.0188. The summed E-state index contributed by atoms with van der Waals surface area (Å²) in [7, 11) is 0. The maximum absolute atomic E-state index is 9.81. The molecule has 0 spiro atoms. The Morgan fingerprint density at radius 1 is 1.31 bits per heavy atom. The first kappa shape index (κ1) is 23.4. The van der Waals surface area contributed by atoms with Gasteiger partial charge in [0.2, 0.25) is 0 Å². The van der Waals surface area contributed by atoms with Gasteiger partial charge in [-0.05, 0) is 69.9 Å². The number of anilines is 1. The summed E-state index contributed by atoms with van der Waals surface area (Å²) in [5.41, 5.74) is 4.13. The summed E-state index contributed by atoms with van der Waals surface area (Å²) in [5, 5.41) is 23.4. The number of nitriles is 1. The Hall–Kier alpha value is -2.95. The number of fused-ring (bicyclic) bond motifs is 1. The summed E-state index contributed by atoms with van der Waals surface area (Å²) in [6.07, 6.45) is 5.96. The number of rotatable bonds is 7. The van der Waals surface area contributed by atoms with Crippen LogP contribution in [0.3, 0.4) is 0 Å². The molecular formula is C28H28BrClN6. The Kier molecular flexibility index (Phi) is 6.41. The van der Waals surface area contributed by atoms with Crippen LogP contribution < -0.4 is 5.32 Å². The van der Waals surface area contributed by atoms with E-state index in [1.165, 1.54) is 0 Å². The normalized spacial score (nSPS) is 15.8. The molecule has 0 bridgehead atoms. The van der Waals surface area contributed by atoms with Crippen LogP contribution in [0.4, 0.5) is 5.69 Å². The molecule has 8 heteroatoms. The molecule has 1 fully saturated rings. The molecule has 1 aliphatic carbocycles. The van der Waals surface area contributed by atoms with Gasteiger partial charge in [0.05, 0.1) is 28.5 Å². The summed E-state index contributed by atoms with van der Waals surface area (Å²) in [5.74, 6) is -1.27. The van der Waals surface area contributed by atoms with E-state index in [2.05, 4.69) is 63.4 Å². The van der Waals surface area contributed by atoms with Crippen LogP contribution in [0.1, 0.15) is 69.3 Å². The van der Waals surface area contributed by atoms with E-state index in [9.17, 15) is 6.63 Å². The van der Waals surface area contributed by atoms with Crippen LogP contribution in [0, 0.1) is 16.7 Å². The van der Waals surface area contributed by atoms with Gasteiger partial charge >= 0.3 is 0 Å². The molecule has 1 N–H and O–H groups in total. The molecule has 36 heavy (non-hydrogen) atoms. The minimum atomic E-state index is -1.27. The number of nitrogens with zero attached hydrogens (tertiary/aromatic N) is 5. The van der Waals surface area contributed by atoms with Crippen LogP contribution in [0.15, 0.2) is 53.3 Å². The van der Waals surface area contributed by atoms with Crippen molar-refractivity contribution in [2.45, 2.75) is 52.0 Å². The van der Waals surface area contributed by atoms with Gasteiger partial charge in [-0.25, -0.2) is 4.68 Å². The van der Waals surface area contributed by atoms with Crippen molar-refractivity contribution in [2.24, 2.45) is 5.41 Å². The van der Waals surface area contributed by atoms with Crippen molar-refractivity contribution < 1.29 is 1.37 Å². The van der Waals surface area contributed by atoms with Crippen molar-refractivity contribution in [3.05, 3.63) is 80.7 Å². The van der Waals surface area contributed by atoms with E-state index in [1.54, 1.807) is 12.3 Å². The third kappa shape index (κ3) is 5.25. The second-order valence-electron chi connectivity index (χ2n) is 10.5. The number of benzene rings is 2. The van der Waals surface area contributed by atoms with Gasteiger partial charge in [-0.2, -0.15) is 5.26 Å². The van der Waals surface area contributed by atoms with Crippen molar-refractivity contribution in [1.29, 1.82) is 5.26 Å². The highest BCUT2D eigenvalue weighted by atomic mass is 79.9. The molecule has 184 valence electrons. The first-order valence-corrected chi connectivity index (χ1v) is 13.2. The summed E-state index contributed by atoms with van der Waals surface area (Å²) in [4.78, 5) is 4.55. The van der Waals surface area contributed by atoms with Crippen molar-refractivity contribution >= 4 is 44.1 Å². The summed E-state index contributed by atoms with van der Waals surface area (Å²) < 4.78 is 12.4. The molecule has 6 nitrogen and oxygen atoms in total. The molecule has 1 saturated carbocycles. The van der Waals surface area contributed by atoms with Crippen LogP contribution in [0.25, 0.3) is 10.9 Å². The zero-order valence-corrected chi connectivity index (χ0v) is 22.9. The standard InChI is InChI=1S/C28H28BrClN6/c1-28(2,3)16-33-26-18(13-31)14-32-27-22(26)11-17(12-23(27)29)10-21(20-6-4-5-7-24(20)30)25-15-36(35-34-25)19-8-9-19/h4-7,11-12,14-15,19,21H,8-10,16H2,1-3H3,(H,32,33)/t21-/m1/s1/i21D. The molecule has 0 aliphatic heterocycles. The van der Waals surface area contributed by atoms with E-state index in [0.717, 1.165) is 39.5 Å². The Bertz CT molecular complexity index is 1520. The maximum Gasteiger partial charge on any atom is 0.103 e. The van der Waals surface area contributed by atoms with Crippen molar-refractivity contribution in [3.8, 4) is 6.07 Å². The SMILES string of the molecule is [2H][C@](Cc1cc(Br)c2ncc(C#N)c(NCC(C)(C)C)c2c1)(c1cn(C2CC2)nn1)c1ccccc1Cl. The summed E-state index contributed by atoms with van der Waals surface area (Å²) in [6, 6.07) is 14.1. The van der Waals surface area contributed by atoms with Crippen LogP contribution in [-0.2, 0) is 6.42 Å². The number of nitrogens with one attached hydrogen (secondary N) is 1. The van der Waals surface area contributed by atoms with Gasteiger partial charge in [-0.1, -0.05) is 55.8 Å². The Morgan fingerprint density at radius 3 is 2.78 bits per heavy atom. The third-order valence-corrected chi connectivity index (χ3v) is 7.15. The highest BCUT2D eigenvalue weighted by Gasteiger charge is 2.28. The molecule has 0 amide bonds. The van der Waals surface area contributed by atoms with Crippen LogP contribution in [0.2, 0.25) is 5.02 Å². The second-order valence-corrected chi connectivity index (χ2v) is 11.8. The number of hydrogen-bond acceptors (Lipinski definition) is 5. The lowest BCUT2D eigenvalue weighted by atomic mass is 9.89. The zero-order valence-electron chi connectivity index (χ0n) is 21.5. The molecule has 2 aromatic carbocycles. The molecule has 0 radical (unpaired) electrons. The molecule has 0 unspecified atom stereocenters. The molecule has 4 aromatic rings. The highest BCUT2D eigenvalue weighted by Crippen LogP contribution is 2.38. The molecule has 1 aliphatic rings. The smallest absolute Gasteiger partial charge is 0.103 e. The summed E-state index contributed by atoms with van der Waals surface area (Å²) in [6.45, 7) is 7.12. The fourth-order valence-corrected chi connectivity index (χ4v) is 5.07. The van der Waals surface area contributed by atoms with E-state index in [-0.39, 0.29) is 5.41 Å². The monoisotopic (exact) mass is 563 g/mol. The number of aromatic nitrogens is 4.